The number of carbonyl (C=O) groups is 2. The molecule has 0 bridgehead atoms. The van der Waals surface area contributed by atoms with Crippen molar-refractivity contribution >= 4 is 23.4 Å². The van der Waals surface area contributed by atoms with Gasteiger partial charge in [-0.2, -0.15) is 0 Å². The summed E-state index contributed by atoms with van der Waals surface area (Å²) in [6.07, 6.45) is 2.87. The zero-order valence-electron chi connectivity index (χ0n) is 22.8. The van der Waals surface area contributed by atoms with Crippen molar-refractivity contribution in [3.63, 3.8) is 0 Å². The summed E-state index contributed by atoms with van der Waals surface area (Å²) >= 11 is 0. The molecule has 4 aromatic rings. The molecule has 3 heterocycles. The maximum absolute atomic E-state index is 12.8. The lowest BCUT2D eigenvalue weighted by atomic mass is 9.72. The van der Waals surface area contributed by atoms with Crippen LogP contribution in [0.1, 0.15) is 56.1 Å². The minimum Gasteiger partial charge on any atom is -0.465 e. The standard InChI is InChI=1S/C31H32N4O5/c1-20-27(21(2)40-34-20)29(36)33-25-18-26(30(37)39-3)28(32-19-25)35-16-14-24(15-17-35)31(38,22-10-6-4-7-11-22)23-12-8-5-9-13-23/h4-13,18-19,24,38H,14-17H2,1-3H3,(H,33,36). The summed E-state index contributed by atoms with van der Waals surface area (Å²) in [6, 6.07) is 21.1. The first-order valence-corrected chi connectivity index (χ1v) is 13.2. The van der Waals surface area contributed by atoms with Crippen molar-refractivity contribution in [2.24, 2.45) is 5.92 Å². The fourth-order valence-electron chi connectivity index (χ4n) is 5.57. The molecule has 1 saturated heterocycles. The van der Waals surface area contributed by atoms with Gasteiger partial charge in [-0.1, -0.05) is 65.8 Å². The Morgan fingerprint density at radius 3 is 2.15 bits per heavy atom. The summed E-state index contributed by atoms with van der Waals surface area (Å²) in [4.78, 5) is 32.2. The number of pyridine rings is 1. The molecule has 9 heteroatoms. The lowest BCUT2D eigenvalue weighted by Gasteiger charge is -2.42. The molecule has 206 valence electrons. The van der Waals surface area contributed by atoms with E-state index < -0.39 is 17.5 Å². The molecule has 40 heavy (non-hydrogen) atoms. The molecule has 5 rings (SSSR count). The van der Waals surface area contributed by atoms with E-state index in [9.17, 15) is 14.7 Å². The Hall–Kier alpha value is -4.50. The number of aliphatic hydroxyl groups is 1. The number of aromatic nitrogens is 2. The monoisotopic (exact) mass is 540 g/mol. The lowest BCUT2D eigenvalue weighted by Crippen LogP contribution is -2.45. The zero-order chi connectivity index (χ0) is 28.3. The van der Waals surface area contributed by atoms with Gasteiger partial charge in [0, 0.05) is 13.1 Å². The highest BCUT2D eigenvalue weighted by Gasteiger charge is 2.42. The fourth-order valence-corrected chi connectivity index (χ4v) is 5.57. The van der Waals surface area contributed by atoms with Crippen LogP contribution in [0, 0.1) is 19.8 Å². The summed E-state index contributed by atoms with van der Waals surface area (Å²) in [5.41, 5.74) is 1.97. The molecule has 1 aliphatic rings. The number of piperidine rings is 1. The van der Waals surface area contributed by atoms with Crippen LogP contribution < -0.4 is 10.2 Å². The van der Waals surface area contributed by atoms with Crippen molar-refractivity contribution in [3.05, 3.63) is 107 Å². The summed E-state index contributed by atoms with van der Waals surface area (Å²) in [7, 11) is 1.31. The Morgan fingerprint density at radius 1 is 1.02 bits per heavy atom. The van der Waals surface area contributed by atoms with Gasteiger partial charge in [-0.15, -0.1) is 0 Å². The maximum Gasteiger partial charge on any atom is 0.341 e. The molecule has 2 aromatic heterocycles. The van der Waals surface area contributed by atoms with E-state index in [0.29, 0.717) is 54.5 Å². The van der Waals surface area contributed by atoms with Crippen LogP contribution in [0.3, 0.4) is 0 Å². The summed E-state index contributed by atoms with van der Waals surface area (Å²) in [6.45, 7) is 4.51. The molecule has 0 spiro atoms. The van der Waals surface area contributed by atoms with E-state index in [-0.39, 0.29) is 11.5 Å². The van der Waals surface area contributed by atoms with Gasteiger partial charge in [-0.3, -0.25) is 4.79 Å². The number of rotatable bonds is 7. The van der Waals surface area contributed by atoms with Gasteiger partial charge in [0.2, 0.25) is 0 Å². The number of amides is 1. The number of nitrogens with one attached hydrogen (secondary N) is 1. The molecular formula is C31H32N4O5. The Bertz CT molecular complexity index is 1440. The van der Waals surface area contributed by atoms with Crippen LogP contribution in [0.2, 0.25) is 0 Å². The number of hydrogen-bond acceptors (Lipinski definition) is 8. The molecule has 0 unspecified atom stereocenters. The highest BCUT2D eigenvalue weighted by Crippen LogP contribution is 2.42. The van der Waals surface area contributed by atoms with E-state index in [0.717, 1.165) is 11.1 Å². The van der Waals surface area contributed by atoms with Crippen LogP contribution >= 0.6 is 0 Å². The second-order valence-electron chi connectivity index (χ2n) is 10.00. The van der Waals surface area contributed by atoms with Crippen molar-refractivity contribution in [3.8, 4) is 0 Å². The first kappa shape index (κ1) is 27.1. The minimum atomic E-state index is -1.15. The molecule has 0 aliphatic carbocycles. The fraction of sp³-hybridized carbons (Fsp3) is 0.290. The maximum atomic E-state index is 12.8. The third kappa shape index (κ3) is 5.08. The number of esters is 1. The quantitative estimate of drug-likeness (QED) is 0.319. The average Bonchev–Trinajstić information content (AvgIpc) is 3.34. The van der Waals surface area contributed by atoms with Crippen LogP contribution in [-0.4, -0.2) is 47.3 Å². The first-order valence-electron chi connectivity index (χ1n) is 13.2. The number of methoxy groups -OCH3 is 1. The van der Waals surface area contributed by atoms with Crippen molar-refractivity contribution in [2.45, 2.75) is 32.3 Å². The van der Waals surface area contributed by atoms with Crippen LogP contribution in [0.15, 0.2) is 77.4 Å². The predicted molar refractivity (Wildman–Crippen MR) is 150 cm³/mol. The highest BCUT2D eigenvalue weighted by atomic mass is 16.5. The minimum absolute atomic E-state index is 0.0521. The molecule has 2 N–H and O–H groups in total. The summed E-state index contributed by atoms with van der Waals surface area (Å²) in [5.74, 6) is -0.124. The van der Waals surface area contributed by atoms with Crippen molar-refractivity contribution in [1.82, 2.24) is 10.1 Å². The number of anilines is 2. The first-order chi connectivity index (χ1) is 19.3. The van der Waals surface area contributed by atoms with Gasteiger partial charge >= 0.3 is 5.97 Å². The molecule has 9 nitrogen and oxygen atoms in total. The third-order valence-corrected chi connectivity index (χ3v) is 7.60. The van der Waals surface area contributed by atoms with Crippen LogP contribution in [0.5, 0.6) is 0 Å². The van der Waals surface area contributed by atoms with E-state index in [2.05, 4.69) is 15.5 Å². The lowest BCUT2D eigenvalue weighted by molar-refractivity contribution is 0.00496. The SMILES string of the molecule is COC(=O)c1cc(NC(=O)c2c(C)noc2C)cnc1N1CCC(C(O)(c2ccccc2)c2ccccc2)CC1. The Labute approximate surface area is 232 Å². The van der Waals surface area contributed by atoms with E-state index in [4.69, 9.17) is 9.26 Å². The van der Waals surface area contributed by atoms with Gasteiger partial charge < -0.3 is 24.6 Å². The van der Waals surface area contributed by atoms with Gasteiger partial charge in [-0.25, -0.2) is 9.78 Å². The van der Waals surface area contributed by atoms with Crippen LogP contribution in [0.4, 0.5) is 11.5 Å². The molecule has 1 aliphatic heterocycles. The number of aryl methyl sites for hydroxylation is 2. The van der Waals surface area contributed by atoms with Crippen molar-refractivity contribution in [1.29, 1.82) is 0 Å². The predicted octanol–water partition coefficient (Wildman–Crippen LogP) is 4.88. The zero-order valence-corrected chi connectivity index (χ0v) is 22.8. The second-order valence-corrected chi connectivity index (χ2v) is 10.00. The van der Waals surface area contributed by atoms with Crippen LogP contribution in [-0.2, 0) is 10.3 Å². The molecule has 0 saturated carbocycles. The molecule has 1 fully saturated rings. The van der Waals surface area contributed by atoms with E-state index in [1.165, 1.54) is 13.3 Å². The molecule has 2 aromatic carbocycles. The largest absolute Gasteiger partial charge is 0.465 e. The van der Waals surface area contributed by atoms with E-state index in [1.807, 2.05) is 65.6 Å². The van der Waals surface area contributed by atoms with Gasteiger partial charge in [-0.05, 0) is 49.8 Å². The third-order valence-electron chi connectivity index (χ3n) is 7.60. The van der Waals surface area contributed by atoms with E-state index in [1.54, 1.807) is 19.9 Å². The molecule has 1 amide bonds. The van der Waals surface area contributed by atoms with Crippen molar-refractivity contribution in [2.75, 3.05) is 30.4 Å². The second kappa shape index (κ2) is 11.3. The Balaban J connectivity index is 1.39. The number of ether oxygens (including phenoxy) is 1. The van der Waals surface area contributed by atoms with Crippen LogP contribution in [0.25, 0.3) is 0 Å². The summed E-state index contributed by atoms with van der Waals surface area (Å²) in [5, 5.41) is 18.8. The number of nitrogens with zero attached hydrogens (tertiary/aromatic N) is 3. The number of hydrogen-bond donors (Lipinski definition) is 2. The molecule has 0 atom stereocenters. The topological polar surface area (TPSA) is 118 Å². The Kier molecular flexibility index (Phi) is 7.66. The van der Waals surface area contributed by atoms with Gasteiger partial charge in [0.25, 0.3) is 5.91 Å². The number of benzene rings is 2. The van der Waals surface area contributed by atoms with Gasteiger partial charge in [0.15, 0.2) is 0 Å². The molecule has 0 radical (unpaired) electrons. The Morgan fingerprint density at radius 2 is 1.62 bits per heavy atom. The number of carbonyl (C=O) groups excluding carboxylic acids is 2. The highest BCUT2D eigenvalue weighted by molar-refractivity contribution is 6.06. The molecular weight excluding hydrogens is 508 g/mol. The van der Waals surface area contributed by atoms with Gasteiger partial charge in [0.05, 0.1) is 24.7 Å². The average molecular weight is 541 g/mol. The smallest absolute Gasteiger partial charge is 0.341 e. The summed E-state index contributed by atoms with van der Waals surface area (Å²) < 4.78 is 10.1. The van der Waals surface area contributed by atoms with Gasteiger partial charge in [0.1, 0.15) is 28.3 Å². The van der Waals surface area contributed by atoms with E-state index >= 15 is 0 Å². The normalized spacial score (nSPS) is 14.2. The van der Waals surface area contributed by atoms with Crippen molar-refractivity contribution < 1.29 is 24.0 Å².